The molecule has 108 valence electrons. The highest BCUT2D eigenvalue weighted by atomic mass is 35.5. The molecule has 1 aliphatic heterocycles. The summed E-state index contributed by atoms with van der Waals surface area (Å²) in [5, 5.41) is 14.3. The van der Waals surface area contributed by atoms with Gasteiger partial charge in [0.2, 0.25) is 5.91 Å². The van der Waals surface area contributed by atoms with Crippen molar-refractivity contribution in [1.29, 1.82) is 0 Å². The van der Waals surface area contributed by atoms with Crippen LogP contribution in [0.3, 0.4) is 0 Å². The first-order valence-electron chi connectivity index (χ1n) is 6.44. The summed E-state index contributed by atoms with van der Waals surface area (Å²) in [7, 11) is 0. The molecule has 1 fully saturated rings. The summed E-state index contributed by atoms with van der Waals surface area (Å²) in [6.45, 7) is 0.535. The molecule has 1 N–H and O–H groups in total. The fourth-order valence-corrected chi connectivity index (χ4v) is 2.36. The highest BCUT2D eigenvalue weighted by Crippen LogP contribution is 2.23. The highest BCUT2D eigenvalue weighted by Gasteiger charge is 2.28. The Hall–Kier alpha value is -1.59. The molecule has 0 spiro atoms. The van der Waals surface area contributed by atoms with Crippen molar-refractivity contribution in [3.05, 3.63) is 29.3 Å². The lowest BCUT2D eigenvalue weighted by Crippen LogP contribution is -2.40. The zero-order chi connectivity index (χ0) is 14.5. The van der Waals surface area contributed by atoms with Crippen LogP contribution in [0.2, 0.25) is 5.02 Å². The number of rotatable bonds is 5. The van der Waals surface area contributed by atoms with Gasteiger partial charge in [0, 0.05) is 35.6 Å². The van der Waals surface area contributed by atoms with Crippen molar-refractivity contribution in [3.63, 3.8) is 0 Å². The lowest BCUT2D eigenvalue weighted by atomic mass is 9.96. The third kappa shape index (κ3) is 3.95. The zero-order valence-electron chi connectivity index (χ0n) is 10.8. The van der Waals surface area contributed by atoms with Crippen LogP contribution < -0.4 is 10.4 Å². The van der Waals surface area contributed by atoms with E-state index in [1.807, 2.05) is 0 Å². The number of carbonyl (C=O) groups excluding carboxylic acids is 2. The SMILES string of the molecule is O=C(C[C@H](C(=O)[O-])[C@H]1CCCO1)Nc1ccc(Cl)cc1. The first kappa shape index (κ1) is 14.8. The van der Waals surface area contributed by atoms with Crippen LogP contribution in [0.5, 0.6) is 0 Å². The molecular weight excluding hydrogens is 282 g/mol. The minimum Gasteiger partial charge on any atom is -0.550 e. The van der Waals surface area contributed by atoms with Gasteiger partial charge in [-0.1, -0.05) is 11.6 Å². The molecule has 1 amide bonds. The van der Waals surface area contributed by atoms with Gasteiger partial charge in [-0.15, -0.1) is 0 Å². The Morgan fingerprint density at radius 1 is 1.40 bits per heavy atom. The van der Waals surface area contributed by atoms with Gasteiger partial charge in [-0.3, -0.25) is 4.79 Å². The van der Waals surface area contributed by atoms with Gasteiger partial charge < -0.3 is 20.0 Å². The van der Waals surface area contributed by atoms with E-state index in [9.17, 15) is 14.7 Å². The quantitative estimate of drug-likeness (QED) is 0.886. The largest absolute Gasteiger partial charge is 0.550 e. The van der Waals surface area contributed by atoms with Crippen molar-refractivity contribution in [2.45, 2.75) is 25.4 Å². The van der Waals surface area contributed by atoms with Crippen molar-refractivity contribution >= 4 is 29.2 Å². The summed E-state index contributed by atoms with van der Waals surface area (Å²) < 4.78 is 5.32. The van der Waals surface area contributed by atoms with Gasteiger partial charge in [-0.2, -0.15) is 0 Å². The Kier molecular flexibility index (Phi) is 4.98. The van der Waals surface area contributed by atoms with Crippen LogP contribution in [0, 0.1) is 5.92 Å². The number of carbonyl (C=O) groups is 2. The van der Waals surface area contributed by atoms with Crippen LogP contribution in [0.1, 0.15) is 19.3 Å². The van der Waals surface area contributed by atoms with Crippen LogP contribution >= 0.6 is 11.6 Å². The molecule has 0 bridgehead atoms. The molecule has 0 unspecified atom stereocenters. The number of amides is 1. The van der Waals surface area contributed by atoms with Crippen molar-refractivity contribution in [1.82, 2.24) is 0 Å². The van der Waals surface area contributed by atoms with Crippen molar-refractivity contribution in [2.24, 2.45) is 5.92 Å². The molecule has 0 radical (unpaired) electrons. The first-order chi connectivity index (χ1) is 9.56. The average Bonchev–Trinajstić information content (AvgIpc) is 2.92. The zero-order valence-corrected chi connectivity index (χ0v) is 11.6. The minimum atomic E-state index is -1.25. The second-order valence-corrected chi connectivity index (χ2v) is 5.17. The van der Waals surface area contributed by atoms with Gasteiger partial charge in [-0.25, -0.2) is 0 Å². The van der Waals surface area contributed by atoms with E-state index in [2.05, 4.69) is 5.32 Å². The van der Waals surface area contributed by atoms with Crippen LogP contribution in [-0.2, 0) is 14.3 Å². The molecule has 5 nitrogen and oxygen atoms in total. The summed E-state index contributed by atoms with van der Waals surface area (Å²) in [5.41, 5.74) is 0.573. The predicted octanol–water partition coefficient (Wildman–Crippen LogP) is 1.21. The minimum absolute atomic E-state index is 0.157. The maximum absolute atomic E-state index is 11.9. The maximum atomic E-state index is 11.9. The predicted molar refractivity (Wildman–Crippen MR) is 72.2 cm³/mol. The second kappa shape index (κ2) is 6.72. The van der Waals surface area contributed by atoms with E-state index in [1.54, 1.807) is 24.3 Å². The number of halogens is 1. The van der Waals surface area contributed by atoms with Gasteiger partial charge in [0.15, 0.2) is 0 Å². The van der Waals surface area contributed by atoms with E-state index in [-0.39, 0.29) is 12.3 Å². The number of nitrogens with one attached hydrogen (secondary N) is 1. The van der Waals surface area contributed by atoms with Crippen LogP contribution in [-0.4, -0.2) is 24.6 Å². The lowest BCUT2D eigenvalue weighted by molar-refractivity contribution is -0.314. The summed E-state index contributed by atoms with van der Waals surface area (Å²) in [6.07, 6.45) is 0.867. The summed E-state index contributed by atoms with van der Waals surface area (Å²) in [6, 6.07) is 6.60. The molecule has 2 rings (SSSR count). The molecular formula is C14H15ClNO4-. The number of hydrogen-bond donors (Lipinski definition) is 1. The molecule has 1 saturated heterocycles. The Bertz CT molecular complexity index is 482. The van der Waals surface area contributed by atoms with Gasteiger partial charge in [-0.05, 0) is 37.1 Å². The third-order valence-corrected chi connectivity index (χ3v) is 3.50. The molecule has 1 heterocycles. The summed E-state index contributed by atoms with van der Waals surface area (Å²) in [4.78, 5) is 23.0. The number of benzene rings is 1. The van der Waals surface area contributed by atoms with E-state index in [1.165, 1.54) is 0 Å². The van der Waals surface area contributed by atoms with Gasteiger partial charge in [0.1, 0.15) is 0 Å². The normalized spacial score (nSPS) is 19.6. The van der Waals surface area contributed by atoms with E-state index in [0.29, 0.717) is 23.7 Å². The molecule has 1 aliphatic rings. The fourth-order valence-electron chi connectivity index (χ4n) is 2.23. The number of anilines is 1. The Morgan fingerprint density at radius 2 is 2.10 bits per heavy atom. The second-order valence-electron chi connectivity index (χ2n) is 4.74. The maximum Gasteiger partial charge on any atom is 0.225 e. The average molecular weight is 297 g/mol. The highest BCUT2D eigenvalue weighted by molar-refractivity contribution is 6.30. The van der Waals surface area contributed by atoms with Gasteiger partial charge in [0.05, 0.1) is 6.10 Å². The van der Waals surface area contributed by atoms with Crippen molar-refractivity contribution < 1.29 is 19.4 Å². The Balaban J connectivity index is 1.94. The first-order valence-corrected chi connectivity index (χ1v) is 6.82. The molecule has 1 aromatic carbocycles. The van der Waals surface area contributed by atoms with Gasteiger partial charge in [0.25, 0.3) is 0 Å². The van der Waals surface area contributed by atoms with E-state index in [4.69, 9.17) is 16.3 Å². The van der Waals surface area contributed by atoms with Crippen LogP contribution in [0.15, 0.2) is 24.3 Å². The van der Waals surface area contributed by atoms with Crippen molar-refractivity contribution in [2.75, 3.05) is 11.9 Å². The fraction of sp³-hybridized carbons (Fsp3) is 0.429. The Labute approximate surface area is 121 Å². The van der Waals surface area contributed by atoms with Gasteiger partial charge >= 0.3 is 0 Å². The van der Waals surface area contributed by atoms with Crippen LogP contribution in [0.4, 0.5) is 5.69 Å². The standard InChI is InChI=1S/C14H16ClNO4/c15-9-3-5-10(6-4-9)16-13(17)8-11(14(18)19)12-2-1-7-20-12/h3-6,11-12H,1-2,7-8H2,(H,16,17)(H,18,19)/p-1/t11-,12+/m0/s1. The number of carboxylic acids is 1. The molecule has 0 aromatic heterocycles. The third-order valence-electron chi connectivity index (χ3n) is 3.25. The molecule has 2 atom stereocenters. The molecule has 0 saturated carbocycles. The number of ether oxygens (including phenoxy) is 1. The summed E-state index contributed by atoms with van der Waals surface area (Å²) in [5.74, 6) is -2.54. The van der Waals surface area contributed by atoms with Crippen molar-refractivity contribution in [3.8, 4) is 0 Å². The van der Waals surface area contributed by atoms with Crippen LogP contribution in [0.25, 0.3) is 0 Å². The topological polar surface area (TPSA) is 78.5 Å². The smallest absolute Gasteiger partial charge is 0.225 e. The van der Waals surface area contributed by atoms with E-state index < -0.39 is 18.0 Å². The molecule has 0 aliphatic carbocycles. The number of carboxylic acid groups (broad SMARTS) is 1. The molecule has 1 aromatic rings. The molecule has 20 heavy (non-hydrogen) atoms. The Morgan fingerprint density at radius 3 is 2.65 bits per heavy atom. The molecule has 6 heteroatoms. The van der Waals surface area contributed by atoms with E-state index >= 15 is 0 Å². The number of hydrogen-bond acceptors (Lipinski definition) is 4. The summed E-state index contributed by atoms with van der Waals surface area (Å²) >= 11 is 5.74. The van der Waals surface area contributed by atoms with E-state index in [0.717, 1.165) is 6.42 Å². The monoisotopic (exact) mass is 296 g/mol. The lowest BCUT2D eigenvalue weighted by Gasteiger charge is -2.23. The number of aliphatic carboxylic acids is 1.